The van der Waals surface area contributed by atoms with Gasteiger partial charge < -0.3 is 9.47 Å². The number of nitrogens with zero attached hydrogens (tertiary/aromatic N) is 1. The molecular formula is C16H17BrClNO3. The molecule has 0 spiro atoms. The fourth-order valence-corrected chi connectivity index (χ4v) is 2.69. The molecule has 0 aliphatic heterocycles. The van der Waals surface area contributed by atoms with Crippen molar-refractivity contribution in [3.63, 3.8) is 0 Å². The van der Waals surface area contributed by atoms with Crippen LogP contribution in [-0.4, -0.2) is 23.4 Å². The Labute approximate surface area is 143 Å². The third-order valence-corrected chi connectivity index (χ3v) is 3.66. The summed E-state index contributed by atoms with van der Waals surface area (Å²) in [6.45, 7) is 5.46. The van der Waals surface area contributed by atoms with Gasteiger partial charge in [0.1, 0.15) is 11.4 Å². The topological polar surface area (TPSA) is 40.5 Å². The quantitative estimate of drug-likeness (QED) is 0.697. The largest absolute Gasteiger partial charge is 0.495 e. The van der Waals surface area contributed by atoms with E-state index < -0.39 is 11.7 Å². The second-order valence-electron chi connectivity index (χ2n) is 5.72. The van der Waals surface area contributed by atoms with Crippen LogP contribution in [0.1, 0.15) is 20.8 Å². The number of carbonyl (C=O) groups excluding carboxylic acids is 1. The minimum absolute atomic E-state index is 0.445. The third kappa shape index (κ3) is 3.65. The van der Waals surface area contributed by atoms with Crippen LogP contribution in [-0.2, 0) is 4.74 Å². The van der Waals surface area contributed by atoms with E-state index in [0.29, 0.717) is 22.0 Å². The van der Waals surface area contributed by atoms with E-state index in [2.05, 4.69) is 15.9 Å². The van der Waals surface area contributed by atoms with E-state index in [1.807, 2.05) is 39.0 Å². The lowest BCUT2D eigenvalue weighted by atomic mass is 10.1. The van der Waals surface area contributed by atoms with Crippen molar-refractivity contribution in [1.82, 2.24) is 4.57 Å². The normalized spacial score (nSPS) is 11.4. The van der Waals surface area contributed by atoms with Crippen molar-refractivity contribution < 1.29 is 14.3 Å². The molecule has 0 fully saturated rings. The highest BCUT2D eigenvalue weighted by molar-refractivity contribution is 9.10. The van der Waals surface area contributed by atoms with Crippen molar-refractivity contribution in [3.8, 4) is 17.0 Å². The van der Waals surface area contributed by atoms with Crippen molar-refractivity contribution in [2.24, 2.45) is 0 Å². The molecule has 1 aromatic carbocycles. The van der Waals surface area contributed by atoms with E-state index in [-0.39, 0.29) is 0 Å². The van der Waals surface area contributed by atoms with Crippen LogP contribution in [0.15, 0.2) is 34.9 Å². The summed E-state index contributed by atoms with van der Waals surface area (Å²) in [4.78, 5) is 12.4. The van der Waals surface area contributed by atoms with Gasteiger partial charge in [0.05, 0.1) is 17.8 Å². The molecule has 0 atom stereocenters. The molecule has 0 bridgehead atoms. The number of benzene rings is 1. The van der Waals surface area contributed by atoms with Gasteiger partial charge in [-0.2, -0.15) is 0 Å². The first kappa shape index (κ1) is 16.9. The minimum atomic E-state index is -0.580. The fraction of sp³-hybridized carbons (Fsp3) is 0.312. The van der Waals surface area contributed by atoms with Gasteiger partial charge in [-0.05, 0) is 48.8 Å². The van der Waals surface area contributed by atoms with Gasteiger partial charge in [-0.3, -0.25) is 4.57 Å². The summed E-state index contributed by atoms with van der Waals surface area (Å²) in [6.07, 6.45) is 1.19. The molecule has 118 valence electrons. The van der Waals surface area contributed by atoms with Crippen molar-refractivity contribution in [1.29, 1.82) is 0 Å². The molecule has 2 aromatic rings. The van der Waals surface area contributed by atoms with Crippen LogP contribution >= 0.6 is 27.5 Å². The van der Waals surface area contributed by atoms with Crippen LogP contribution < -0.4 is 4.74 Å². The molecule has 2 rings (SSSR count). The van der Waals surface area contributed by atoms with Crippen molar-refractivity contribution in [2.75, 3.05) is 7.11 Å². The Kier molecular flexibility index (Phi) is 4.87. The highest BCUT2D eigenvalue weighted by Crippen LogP contribution is 2.37. The predicted octanol–water partition coefficient (Wildman–Crippen LogP) is 5.36. The van der Waals surface area contributed by atoms with E-state index in [9.17, 15) is 4.79 Å². The van der Waals surface area contributed by atoms with Crippen molar-refractivity contribution >= 4 is 33.6 Å². The average molecular weight is 387 g/mol. The molecule has 22 heavy (non-hydrogen) atoms. The van der Waals surface area contributed by atoms with Gasteiger partial charge in [0.25, 0.3) is 0 Å². The van der Waals surface area contributed by atoms with Crippen LogP contribution in [0.5, 0.6) is 5.75 Å². The molecule has 0 N–H and O–H groups in total. The molecule has 4 nitrogen and oxygen atoms in total. The molecule has 0 aliphatic rings. The van der Waals surface area contributed by atoms with Gasteiger partial charge in [0, 0.05) is 16.2 Å². The number of carbonyl (C=O) groups is 1. The number of rotatable bonds is 2. The number of aromatic nitrogens is 1. The van der Waals surface area contributed by atoms with Gasteiger partial charge in [-0.15, -0.1) is 0 Å². The lowest BCUT2D eigenvalue weighted by molar-refractivity contribution is 0.0540. The maximum Gasteiger partial charge on any atom is 0.419 e. The number of hydrogen-bond acceptors (Lipinski definition) is 3. The monoisotopic (exact) mass is 385 g/mol. The van der Waals surface area contributed by atoms with Gasteiger partial charge in [0.15, 0.2) is 0 Å². The number of hydrogen-bond donors (Lipinski definition) is 0. The highest BCUT2D eigenvalue weighted by atomic mass is 79.9. The van der Waals surface area contributed by atoms with Gasteiger partial charge in [-0.1, -0.05) is 23.7 Å². The molecule has 0 radical (unpaired) electrons. The highest BCUT2D eigenvalue weighted by Gasteiger charge is 2.22. The molecule has 0 amide bonds. The zero-order chi connectivity index (χ0) is 16.5. The molecule has 0 aliphatic carbocycles. The first-order valence-electron chi connectivity index (χ1n) is 6.67. The molecule has 0 saturated heterocycles. The minimum Gasteiger partial charge on any atom is -0.495 e. The van der Waals surface area contributed by atoms with E-state index in [4.69, 9.17) is 21.1 Å². The second-order valence-corrected chi connectivity index (χ2v) is 7.01. The van der Waals surface area contributed by atoms with Gasteiger partial charge >= 0.3 is 6.09 Å². The molecule has 1 aromatic heterocycles. The van der Waals surface area contributed by atoms with Gasteiger partial charge in [-0.25, -0.2) is 4.79 Å². The molecule has 6 heteroatoms. The zero-order valence-electron chi connectivity index (χ0n) is 12.8. The van der Waals surface area contributed by atoms with E-state index >= 15 is 0 Å². The summed E-state index contributed by atoms with van der Waals surface area (Å²) in [5.74, 6) is 0.548. The first-order chi connectivity index (χ1) is 10.2. The first-order valence-corrected chi connectivity index (χ1v) is 7.84. The van der Waals surface area contributed by atoms with E-state index in [1.54, 1.807) is 19.4 Å². The van der Waals surface area contributed by atoms with Crippen LogP contribution in [0.4, 0.5) is 4.79 Å². The van der Waals surface area contributed by atoms with Crippen molar-refractivity contribution in [2.45, 2.75) is 26.4 Å². The number of halogens is 2. The Bertz CT molecular complexity index is 704. The standard InChI is InChI=1S/C16H17BrClNO3/c1-16(2,3)22-15(20)19-9-10(17)8-12(19)11-6-5-7-13(21-4)14(11)18/h5-9H,1-4H3. The summed E-state index contributed by atoms with van der Waals surface area (Å²) in [5, 5.41) is 0.445. The Morgan fingerprint density at radius 3 is 2.59 bits per heavy atom. The Morgan fingerprint density at radius 2 is 2.00 bits per heavy atom. The zero-order valence-corrected chi connectivity index (χ0v) is 15.2. The van der Waals surface area contributed by atoms with Crippen LogP contribution in [0.2, 0.25) is 5.02 Å². The van der Waals surface area contributed by atoms with E-state index in [1.165, 1.54) is 4.57 Å². The molecule has 0 saturated carbocycles. The van der Waals surface area contributed by atoms with Crippen LogP contribution in [0.25, 0.3) is 11.3 Å². The Hall–Kier alpha value is -1.46. The maximum atomic E-state index is 12.4. The molecular weight excluding hydrogens is 370 g/mol. The summed E-state index contributed by atoms with van der Waals surface area (Å²) >= 11 is 9.74. The molecule has 0 unspecified atom stereocenters. The molecule has 1 heterocycles. The van der Waals surface area contributed by atoms with E-state index in [0.717, 1.165) is 4.47 Å². The van der Waals surface area contributed by atoms with Crippen LogP contribution in [0, 0.1) is 0 Å². The second kappa shape index (κ2) is 6.34. The predicted molar refractivity (Wildman–Crippen MR) is 90.8 cm³/mol. The number of methoxy groups -OCH3 is 1. The Morgan fingerprint density at radius 1 is 1.32 bits per heavy atom. The summed E-state index contributed by atoms with van der Waals surface area (Å²) in [6, 6.07) is 7.22. The lowest BCUT2D eigenvalue weighted by Crippen LogP contribution is -2.27. The SMILES string of the molecule is COc1cccc(-c2cc(Br)cn2C(=O)OC(C)(C)C)c1Cl. The summed E-state index contributed by atoms with van der Waals surface area (Å²) < 4.78 is 12.8. The fourth-order valence-electron chi connectivity index (χ4n) is 1.97. The van der Waals surface area contributed by atoms with Crippen LogP contribution in [0.3, 0.4) is 0 Å². The smallest absolute Gasteiger partial charge is 0.419 e. The number of ether oxygens (including phenoxy) is 2. The maximum absolute atomic E-state index is 12.4. The van der Waals surface area contributed by atoms with Gasteiger partial charge in [0.2, 0.25) is 0 Å². The van der Waals surface area contributed by atoms with Crippen molar-refractivity contribution in [3.05, 3.63) is 40.0 Å². The summed E-state index contributed by atoms with van der Waals surface area (Å²) in [7, 11) is 1.55. The Balaban J connectivity index is 2.52. The average Bonchev–Trinajstić information content (AvgIpc) is 2.79. The third-order valence-electron chi connectivity index (χ3n) is 2.84. The summed E-state index contributed by atoms with van der Waals surface area (Å²) in [5.41, 5.74) is 0.742. The lowest BCUT2D eigenvalue weighted by Gasteiger charge is -2.20.